The highest BCUT2D eigenvalue weighted by Gasteiger charge is 2.57. The molecule has 1 heterocycles. The van der Waals surface area contributed by atoms with Crippen molar-refractivity contribution in [3.8, 4) is 11.5 Å². The van der Waals surface area contributed by atoms with Crippen molar-refractivity contribution in [2.75, 3.05) is 0 Å². The van der Waals surface area contributed by atoms with Gasteiger partial charge in [0, 0.05) is 18.4 Å². The van der Waals surface area contributed by atoms with Crippen LogP contribution >= 0.6 is 0 Å². The molecule has 1 aromatic rings. The molecule has 1 aliphatic heterocycles. The molecule has 1 aromatic carbocycles. The molecule has 112 valence electrons. The minimum Gasteiger partial charge on any atom is -0.485 e. The van der Waals surface area contributed by atoms with Crippen molar-refractivity contribution in [3.63, 3.8) is 0 Å². The molecule has 2 saturated carbocycles. The van der Waals surface area contributed by atoms with Crippen molar-refractivity contribution in [2.24, 2.45) is 5.41 Å². The lowest BCUT2D eigenvalue weighted by molar-refractivity contribution is -0.151. The number of ether oxygens (including phenoxy) is 2. The number of hydrogen-bond donors (Lipinski definition) is 0. The Balaban J connectivity index is 1.60. The van der Waals surface area contributed by atoms with Crippen molar-refractivity contribution in [2.45, 2.75) is 64.1 Å². The van der Waals surface area contributed by atoms with E-state index in [0.717, 1.165) is 43.6 Å². The average Bonchev–Trinajstić information content (AvgIpc) is 3.03. The molecular formula is C18H22O3. The fraction of sp³-hybridized carbons (Fsp3) is 0.611. The smallest absolute Gasteiger partial charge is 0.165 e. The normalized spacial score (nSPS) is 28.1. The molecule has 0 saturated heterocycles. The SMILES string of the molecule is CC1(C)Cc2cccc(OC3CC(=O)C34CCCC4)c2O1. The Morgan fingerprint density at radius 1 is 1.24 bits per heavy atom. The Hall–Kier alpha value is -1.51. The first-order valence-electron chi connectivity index (χ1n) is 8.01. The summed E-state index contributed by atoms with van der Waals surface area (Å²) in [5, 5.41) is 0. The molecule has 1 spiro atoms. The number of hydrogen-bond acceptors (Lipinski definition) is 3. The van der Waals surface area contributed by atoms with E-state index in [1.807, 2.05) is 12.1 Å². The van der Waals surface area contributed by atoms with Crippen LogP contribution in [0.1, 0.15) is 51.5 Å². The van der Waals surface area contributed by atoms with Crippen LogP contribution in [0.2, 0.25) is 0 Å². The number of para-hydroxylation sites is 1. The van der Waals surface area contributed by atoms with E-state index in [4.69, 9.17) is 9.47 Å². The van der Waals surface area contributed by atoms with Gasteiger partial charge in [0.25, 0.3) is 0 Å². The minimum absolute atomic E-state index is 0.0475. The summed E-state index contributed by atoms with van der Waals surface area (Å²) in [7, 11) is 0. The van der Waals surface area contributed by atoms with Crippen LogP contribution in [0.3, 0.4) is 0 Å². The number of carbonyl (C=O) groups excluding carboxylic acids is 1. The van der Waals surface area contributed by atoms with Crippen LogP contribution in [0.25, 0.3) is 0 Å². The molecule has 3 heteroatoms. The molecule has 3 aliphatic rings. The van der Waals surface area contributed by atoms with Crippen LogP contribution in [-0.4, -0.2) is 17.5 Å². The van der Waals surface area contributed by atoms with E-state index in [2.05, 4.69) is 19.9 Å². The first-order valence-corrected chi connectivity index (χ1v) is 8.01. The molecule has 0 radical (unpaired) electrons. The van der Waals surface area contributed by atoms with E-state index in [9.17, 15) is 4.79 Å². The maximum absolute atomic E-state index is 12.1. The summed E-state index contributed by atoms with van der Waals surface area (Å²) >= 11 is 0. The molecule has 3 nitrogen and oxygen atoms in total. The van der Waals surface area contributed by atoms with Gasteiger partial charge in [0.05, 0.1) is 5.41 Å². The van der Waals surface area contributed by atoms with Crippen molar-refractivity contribution in [1.29, 1.82) is 0 Å². The molecule has 0 N–H and O–H groups in total. The second-order valence-electron chi connectivity index (χ2n) is 7.38. The van der Waals surface area contributed by atoms with Gasteiger partial charge in [-0.1, -0.05) is 25.0 Å². The third-order valence-corrected chi connectivity index (χ3v) is 5.36. The first-order chi connectivity index (χ1) is 10.0. The van der Waals surface area contributed by atoms with Gasteiger partial charge in [0.2, 0.25) is 0 Å². The predicted molar refractivity (Wildman–Crippen MR) is 79.8 cm³/mol. The monoisotopic (exact) mass is 286 g/mol. The zero-order chi connectivity index (χ0) is 14.7. The molecule has 2 fully saturated rings. The van der Waals surface area contributed by atoms with E-state index in [1.165, 1.54) is 5.56 Å². The van der Waals surface area contributed by atoms with Crippen LogP contribution in [0.5, 0.6) is 11.5 Å². The number of ketones is 1. The van der Waals surface area contributed by atoms with Gasteiger partial charge in [-0.25, -0.2) is 0 Å². The van der Waals surface area contributed by atoms with Crippen molar-refractivity contribution < 1.29 is 14.3 Å². The number of Topliss-reactive ketones (excluding diaryl/α,β-unsaturated/α-hetero) is 1. The van der Waals surface area contributed by atoms with Gasteiger partial charge in [-0.15, -0.1) is 0 Å². The summed E-state index contributed by atoms with van der Waals surface area (Å²) in [6.45, 7) is 4.20. The van der Waals surface area contributed by atoms with Gasteiger partial charge in [0.1, 0.15) is 17.5 Å². The highest BCUT2D eigenvalue weighted by molar-refractivity contribution is 5.92. The van der Waals surface area contributed by atoms with E-state index in [0.29, 0.717) is 12.2 Å². The molecule has 1 unspecified atom stereocenters. The molecule has 4 rings (SSSR count). The topological polar surface area (TPSA) is 35.5 Å². The molecule has 0 amide bonds. The second kappa shape index (κ2) is 4.25. The summed E-state index contributed by atoms with van der Waals surface area (Å²) < 4.78 is 12.3. The maximum Gasteiger partial charge on any atom is 0.165 e. The zero-order valence-electron chi connectivity index (χ0n) is 12.8. The fourth-order valence-corrected chi connectivity index (χ4v) is 4.21. The maximum atomic E-state index is 12.1. The third kappa shape index (κ3) is 1.90. The second-order valence-corrected chi connectivity index (χ2v) is 7.38. The molecular weight excluding hydrogens is 264 g/mol. The van der Waals surface area contributed by atoms with Crippen LogP contribution in [-0.2, 0) is 11.2 Å². The number of carbonyl (C=O) groups is 1. The van der Waals surface area contributed by atoms with E-state index in [-0.39, 0.29) is 17.1 Å². The summed E-state index contributed by atoms with van der Waals surface area (Å²) in [5.41, 5.74) is 0.864. The van der Waals surface area contributed by atoms with Gasteiger partial charge in [-0.2, -0.15) is 0 Å². The Morgan fingerprint density at radius 2 is 2.00 bits per heavy atom. The van der Waals surface area contributed by atoms with Gasteiger partial charge >= 0.3 is 0 Å². The van der Waals surface area contributed by atoms with Crippen molar-refractivity contribution in [3.05, 3.63) is 23.8 Å². The van der Waals surface area contributed by atoms with Crippen molar-refractivity contribution >= 4 is 5.78 Å². The van der Waals surface area contributed by atoms with E-state index < -0.39 is 0 Å². The van der Waals surface area contributed by atoms with Crippen LogP contribution < -0.4 is 9.47 Å². The van der Waals surface area contributed by atoms with Gasteiger partial charge in [0.15, 0.2) is 11.5 Å². The lowest BCUT2D eigenvalue weighted by Gasteiger charge is -2.44. The Kier molecular flexibility index (Phi) is 2.66. The largest absolute Gasteiger partial charge is 0.485 e. The Bertz CT molecular complexity index is 596. The molecule has 1 atom stereocenters. The molecule has 0 aromatic heterocycles. The summed E-state index contributed by atoms with van der Waals surface area (Å²) in [6, 6.07) is 6.11. The summed E-state index contributed by atoms with van der Waals surface area (Å²) in [6.07, 6.45) is 5.83. The molecule has 2 aliphatic carbocycles. The fourth-order valence-electron chi connectivity index (χ4n) is 4.21. The lowest BCUT2D eigenvalue weighted by Crippen LogP contribution is -2.55. The Morgan fingerprint density at radius 3 is 2.71 bits per heavy atom. The number of fused-ring (bicyclic) bond motifs is 1. The van der Waals surface area contributed by atoms with Crippen LogP contribution in [0.4, 0.5) is 0 Å². The summed E-state index contributed by atoms with van der Waals surface area (Å²) in [5.74, 6) is 2.11. The predicted octanol–water partition coefficient (Wildman–Crippen LogP) is 3.68. The van der Waals surface area contributed by atoms with Crippen LogP contribution in [0.15, 0.2) is 18.2 Å². The summed E-state index contributed by atoms with van der Waals surface area (Å²) in [4.78, 5) is 12.1. The number of benzene rings is 1. The lowest BCUT2D eigenvalue weighted by atomic mass is 9.63. The average molecular weight is 286 g/mol. The van der Waals surface area contributed by atoms with E-state index >= 15 is 0 Å². The van der Waals surface area contributed by atoms with Gasteiger partial charge in [-0.3, -0.25) is 4.79 Å². The first kappa shape index (κ1) is 13.2. The van der Waals surface area contributed by atoms with E-state index in [1.54, 1.807) is 0 Å². The highest BCUT2D eigenvalue weighted by atomic mass is 16.5. The van der Waals surface area contributed by atoms with Crippen molar-refractivity contribution in [1.82, 2.24) is 0 Å². The third-order valence-electron chi connectivity index (χ3n) is 5.36. The van der Waals surface area contributed by atoms with Gasteiger partial charge in [-0.05, 0) is 32.8 Å². The standard InChI is InChI=1S/C18H22O3/c1-17(2)11-12-6-5-7-13(16(12)21-17)20-15-10-14(19)18(15)8-3-4-9-18/h5-7,15H,3-4,8-11H2,1-2H3. The van der Waals surface area contributed by atoms with Gasteiger partial charge < -0.3 is 9.47 Å². The number of rotatable bonds is 2. The Labute approximate surface area is 125 Å². The minimum atomic E-state index is -0.184. The molecule has 21 heavy (non-hydrogen) atoms. The molecule has 0 bridgehead atoms. The van der Waals surface area contributed by atoms with Crippen LogP contribution in [0, 0.1) is 5.41 Å². The quantitative estimate of drug-likeness (QED) is 0.832. The highest BCUT2D eigenvalue weighted by Crippen LogP contribution is 2.53. The zero-order valence-corrected chi connectivity index (χ0v) is 12.8.